The van der Waals surface area contributed by atoms with Crippen molar-refractivity contribution < 1.29 is 24.5 Å². The lowest BCUT2D eigenvalue weighted by atomic mass is 9.73. The highest BCUT2D eigenvalue weighted by atomic mass is 16.5. The van der Waals surface area contributed by atoms with Crippen LogP contribution in [0.4, 0.5) is 0 Å². The summed E-state index contributed by atoms with van der Waals surface area (Å²) in [5.74, 6) is -1.09. The molecule has 0 amide bonds. The molecule has 0 spiro atoms. The van der Waals surface area contributed by atoms with Crippen LogP contribution >= 0.6 is 0 Å². The molecule has 36 heavy (non-hydrogen) atoms. The van der Waals surface area contributed by atoms with Gasteiger partial charge in [-0.25, -0.2) is 0 Å². The summed E-state index contributed by atoms with van der Waals surface area (Å²) in [4.78, 5) is 26.5. The molecule has 0 bridgehead atoms. The molecule has 7 atom stereocenters. The van der Waals surface area contributed by atoms with Crippen LogP contribution in [0.25, 0.3) is 0 Å². The Morgan fingerprint density at radius 2 is 1.64 bits per heavy atom. The molecule has 0 aromatic heterocycles. The second kappa shape index (κ2) is 11.2. The number of carbonyl (C=O) groups is 2. The number of aliphatic hydroxyl groups excluding tert-OH is 2. The molecule has 1 unspecified atom stereocenters. The number of benzene rings is 1. The van der Waals surface area contributed by atoms with E-state index in [9.17, 15) is 19.8 Å². The van der Waals surface area contributed by atoms with Crippen LogP contribution in [0.5, 0.6) is 0 Å². The van der Waals surface area contributed by atoms with Crippen molar-refractivity contribution >= 4 is 11.8 Å². The SMILES string of the molecule is C/C1=C/[C@@H]2CC(c3ccccc3)C(C)(C)[C@H]2OC(=O)C[C@H](O)C(C)(C)C(=O)[C@H](C)[C@@H](O)[C@@H](C)CCC1. The van der Waals surface area contributed by atoms with Gasteiger partial charge in [0.25, 0.3) is 0 Å². The third kappa shape index (κ3) is 5.94. The van der Waals surface area contributed by atoms with Gasteiger partial charge in [0, 0.05) is 17.3 Å². The number of hydrogen-bond acceptors (Lipinski definition) is 5. The number of allylic oxidation sites excluding steroid dienone is 1. The molecule has 0 saturated heterocycles. The molecule has 1 aromatic rings. The molecule has 1 saturated carbocycles. The first kappa shape index (κ1) is 28.6. The predicted molar refractivity (Wildman–Crippen MR) is 142 cm³/mol. The Balaban J connectivity index is 1.96. The fraction of sp³-hybridized carbons (Fsp3) is 0.677. The molecular weight excluding hydrogens is 452 g/mol. The maximum Gasteiger partial charge on any atom is 0.308 e. The van der Waals surface area contributed by atoms with Gasteiger partial charge in [0.15, 0.2) is 0 Å². The van der Waals surface area contributed by atoms with Crippen molar-refractivity contribution in [1.82, 2.24) is 0 Å². The molecule has 5 heteroatoms. The van der Waals surface area contributed by atoms with Gasteiger partial charge in [0.1, 0.15) is 11.9 Å². The molecule has 2 aliphatic rings. The van der Waals surface area contributed by atoms with Gasteiger partial charge in [-0.1, -0.05) is 83.5 Å². The normalized spacial score (nSPS) is 37.5. The quantitative estimate of drug-likeness (QED) is 0.375. The van der Waals surface area contributed by atoms with Gasteiger partial charge < -0.3 is 14.9 Å². The molecule has 1 aliphatic carbocycles. The fourth-order valence-corrected chi connectivity index (χ4v) is 6.42. The lowest BCUT2D eigenvalue weighted by Crippen LogP contribution is -2.46. The minimum atomic E-state index is -1.19. The van der Waals surface area contributed by atoms with Crippen molar-refractivity contribution in [2.24, 2.45) is 28.6 Å². The molecule has 5 nitrogen and oxygen atoms in total. The first-order valence-electron chi connectivity index (χ1n) is 13.6. The summed E-state index contributed by atoms with van der Waals surface area (Å²) >= 11 is 0. The van der Waals surface area contributed by atoms with E-state index in [1.807, 2.05) is 25.1 Å². The van der Waals surface area contributed by atoms with Gasteiger partial charge >= 0.3 is 5.97 Å². The lowest BCUT2D eigenvalue weighted by Gasteiger charge is -2.36. The average Bonchev–Trinajstić information content (AvgIpc) is 3.06. The summed E-state index contributed by atoms with van der Waals surface area (Å²) in [5, 5.41) is 21.9. The van der Waals surface area contributed by atoms with Crippen molar-refractivity contribution in [3.63, 3.8) is 0 Å². The predicted octanol–water partition coefficient (Wildman–Crippen LogP) is 5.84. The van der Waals surface area contributed by atoms with Crippen molar-refractivity contribution in [2.45, 2.75) is 105 Å². The molecule has 3 rings (SSSR count). The largest absolute Gasteiger partial charge is 0.461 e. The maximum absolute atomic E-state index is 13.3. The van der Waals surface area contributed by atoms with Gasteiger partial charge in [-0.3, -0.25) is 9.59 Å². The molecule has 200 valence electrons. The van der Waals surface area contributed by atoms with Crippen molar-refractivity contribution in [2.75, 3.05) is 0 Å². The fourth-order valence-electron chi connectivity index (χ4n) is 6.42. The number of carbonyl (C=O) groups excluding carboxylic acids is 2. The van der Waals surface area contributed by atoms with E-state index in [4.69, 9.17) is 4.74 Å². The van der Waals surface area contributed by atoms with Gasteiger partial charge in [0.05, 0.1) is 24.0 Å². The molecule has 0 radical (unpaired) electrons. The number of ketones is 1. The van der Waals surface area contributed by atoms with E-state index in [0.717, 1.165) is 25.7 Å². The zero-order valence-electron chi connectivity index (χ0n) is 23.2. The molecule has 1 aliphatic heterocycles. The van der Waals surface area contributed by atoms with Gasteiger partial charge in [-0.2, -0.15) is 0 Å². The Morgan fingerprint density at radius 3 is 2.28 bits per heavy atom. The first-order chi connectivity index (χ1) is 16.8. The summed E-state index contributed by atoms with van der Waals surface area (Å²) in [6.45, 7) is 13.5. The van der Waals surface area contributed by atoms with E-state index in [2.05, 4.69) is 39.0 Å². The third-order valence-electron chi connectivity index (χ3n) is 9.05. The summed E-state index contributed by atoms with van der Waals surface area (Å²) in [6, 6.07) is 10.4. The molecule has 1 fully saturated rings. The Bertz CT molecular complexity index is 947. The van der Waals surface area contributed by atoms with Crippen LogP contribution < -0.4 is 0 Å². The Morgan fingerprint density at radius 1 is 1.00 bits per heavy atom. The van der Waals surface area contributed by atoms with Crippen LogP contribution in [-0.2, 0) is 14.3 Å². The minimum Gasteiger partial charge on any atom is -0.461 e. The molecular formula is C31H46O5. The second-order valence-electron chi connectivity index (χ2n) is 12.6. The van der Waals surface area contributed by atoms with Gasteiger partial charge in [-0.15, -0.1) is 0 Å². The van der Waals surface area contributed by atoms with Crippen LogP contribution in [0.1, 0.15) is 92.1 Å². The topological polar surface area (TPSA) is 83.8 Å². The molecule has 2 N–H and O–H groups in total. The maximum atomic E-state index is 13.3. The number of esters is 1. The van der Waals surface area contributed by atoms with Crippen LogP contribution in [-0.4, -0.2) is 40.3 Å². The minimum absolute atomic E-state index is 0.0387. The summed E-state index contributed by atoms with van der Waals surface area (Å²) in [7, 11) is 0. The van der Waals surface area contributed by atoms with Crippen molar-refractivity contribution in [1.29, 1.82) is 0 Å². The Kier molecular flexibility index (Phi) is 8.88. The van der Waals surface area contributed by atoms with E-state index < -0.39 is 29.5 Å². The van der Waals surface area contributed by atoms with E-state index in [1.54, 1.807) is 20.8 Å². The highest BCUT2D eigenvalue weighted by Crippen LogP contribution is 2.54. The number of rotatable bonds is 1. The number of fused-ring (bicyclic) bond motifs is 1. The zero-order chi connectivity index (χ0) is 26.8. The highest BCUT2D eigenvalue weighted by molar-refractivity contribution is 5.88. The first-order valence-corrected chi connectivity index (χ1v) is 13.6. The van der Waals surface area contributed by atoms with Gasteiger partial charge in [0.2, 0.25) is 0 Å². The highest BCUT2D eigenvalue weighted by Gasteiger charge is 2.51. The van der Waals surface area contributed by atoms with Crippen LogP contribution in [0.3, 0.4) is 0 Å². The van der Waals surface area contributed by atoms with Crippen molar-refractivity contribution in [3.8, 4) is 0 Å². The number of ether oxygens (including phenoxy) is 1. The smallest absolute Gasteiger partial charge is 0.308 e. The number of aliphatic hydroxyl groups is 2. The third-order valence-corrected chi connectivity index (χ3v) is 9.05. The average molecular weight is 499 g/mol. The zero-order valence-corrected chi connectivity index (χ0v) is 23.2. The van der Waals surface area contributed by atoms with E-state index >= 15 is 0 Å². The van der Waals surface area contributed by atoms with E-state index in [1.165, 1.54) is 11.1 Å². The summed E-state index contributed by atoms with van der Waals surface area (Å²) in [5.41, 5.74) is 1.02. The van der Waals surface area contributed by atoms with Crippen molar-refractivity contribution in [3.05, 3.63) is 47.5 Å². The second-order valence-corrected chi connectivity index (χ2v) is 12.6. The monoisotopic (exact) mass is 498 g/mol. The lowest BCUT2D eigenvalue weighted by molar-refractivity contribution is -0.161. The summed E-state index contributed by atoms with van der Waals surface area (Å²) < 4.78 is 6.15. The molecule has 1 aromatic carbocycles. The standard InChI is InChI=1S/C31H46O5/c1-19-12-11-13-20(2)27(34)21(3)28(35)31(6,7)25(32)18-26(33)36-29-23(16-19)17-24(30(29,4)5)22-14-9-8-10-15-22/h8-10,14-16,20-21,23-25,27,29,32,34H,11-13,17-18H2,1-7H3/b19-16-/t20-,21+,23+,24?,25-,27-,29-/m0/s1. The van der Waals surface area contributed by atoms with Crippen LogP contribution in [0.15, 0.2) is 42.0 Å². The van der Waals surface area contributed by atoms with Crippen LogP contribution in [0, 0.1) is 28.6 Å². The molecule has 1 heterocycles. The Labute approximate surface area is 217 Å². The van der Waals surface area contributed by atoms with Crippen LogP contribution in [0.2, 0.25) is 0 Å². The summed E-state index contributed by atoms with van der Waals surface area (Å²) in [6.07, 6.45) is 3.22. The van der Waals surface area contributed by atoms with E-state index in [-0.39, 0.29) is 41.5 Å². The van der Waals surface area contributed by atoms with E-state index in [0.29, 0.717) is 0 Å². The number of Topliss-reactive ketones (excluding diaryl/α,β-unsaturated/α-hetero) is 1. The van der Waals surface area contributed by atoms with Gasteiger partial charge in [-0.05, 0) is 50.0 Å². The Hall–Kier alpha value is -1.98. The number of hydrogen-bond donors (Lipinski definition) is 2.